The standard InChI is InChI=1S/C22H31FN4O4/c1-12(2)8-15(6)31-19-10-18(27-22(30)26(7)20(25-27)13(3)4)17(23)9-16(19)21(29)24-14(5)11-28/h9-15H,8H2,1-7H3,(H,24,29). The SMILES string of the molecule is CC(C)CC(C)Oc1cc(-n2nc(C(C)C)n(C)c2=O)c(F)cc1C(=O)NC(C)C=O. The van der Waals surface area contributed by atoms with E-state index in [1.165, 1.54) is 17.6 Å². The number of halogens is 1. The van der Waals surface area contributed by atoms with Gasteiger partial charge in [-0.2, -0.15) is 4.68 Å². The molecule has 0 aliphatic rings. The number of rotatable bonds is 9. The molecule has 0 saturated carbocycles. The molecule has 1 aromatic carbocycles. The van der Waals surface area contributed by atoms with Crippen molar-refractivity contribution in [2.24, 2.45) is 13.0 Å². The highest BCUT2D eigenvalue weighted by Gasteiger charge is 2.23. The Morgan fingerprint density at radius 3 is 2.39 bits per heavy atom. The lowest BCUT2D eigenvalue weighted by Gasteiger charge is -2.20. The Balaban J connectivity index is 2.61. The van der Waals surface area contributed by atoms with Crippen LogP contribution in [0.2, 0.25) is 0 Å². The molecule has 9 heteroatoms. The third kappa shape index (κ3) is 5.59. The molecular weight excluding hydrogens is 403 g/mol. The molecule has 2 rings (SSSR count). The van der Waals surface area contributed by atoms with Crippen LogP contribution in [0.25, 0.3) is 5.69 Å². The highest BCUT2D eigenvalue weighted by Crippen LogP contribution is 2.27. The van der Waals surface area contributed by atoms with Gasteiger partial charge in [-0.3, -0.25) is 9.36 Å². The predicted molar refractivity (Wildman–Crippen MR) is 115 cm³/mol. The van der Waals surface area contributed by atoms with Crippen molar-refractivity contribution in [1.82, 2.24) is 19.7 Å². The topological polar surface area (TPSA) is 95.2 Å². The van der Waals surface area contributed by atoms with E-state index < -0.39 is 23.5 Å². The Bertz CT molecular complexity index is 1010. The minimum absolute atomic E-state index is 0.0429. The minimum Gasteiger partial charge on any atom is -0.490 e. The average molecular weight is 435 g/mol. The van der Waals surface area contributed by atoms with Crippen molar-refractivity contribution in [2.45, 2.75) is 66.0 Å². The molecule has 0 bridgehead atoms. The first-order valence-corrected chi connectivity index (χ1v) is 10.4. The fraction of sp³-hybridized carbons (Fsp3) is 0.545. The van der Waals surface area contributed by atoms with Gasteiger partial charge < -0.3 is 14.8 Å². The number of hydrogen-bond acceptors (Lipinski definition) is 5. The Morgan fingerprint density at radius 1 is 1.23 bits per heavy atom. The summed E-state index contributed by atoms with van der Waals surface area (Å²) in [6.45, 7) is 11.2. The predicted octanol–water partition coefficient (Wildman–Crippen LogP) is 2.96. The zero-order valence-electron chi connectivity index (χ0n) is 19.1. The zero-order chi connectivity index (χ0) is 23.5. The van der Waals surface area contributed by atoms with E-state index in [9.17, 15) is 14.4 Å². The van der Waals surface area contributed by atoms with Crippen LogP contribution in [0.3, 0.4) is 0 Å². The van der Waals surface area contributed by atoms with Gasteiger partial charge in [-0.1, -0.05) is 27.7 Å². The van der Waals surface area contributed by atoms with E-state index >= 15 is 4.39 Å². The third-order valence-corrected chi connectivity index (χ3v) is 4.75. The molecule has 0 aliphatic heterocycles. The quantitative estimate of drug-likeness (QED) is 0.612. The van der Waals surface area contributed by atoms with Gasteiger partial charge in [0.05, 0.1) is 17.7 Å². The molecule has 1 amide bonds. The van der Waals surface area contributed by atoms with Crippen molar-refractivity contribution in [3.05, 3.63) is 39.8 Å². The van der Waals surface area contributed by atoms with Crippen LogP contribution in [0, 0.1) is 11.7 Å². The fourth-order valence-corrected chi connectivity index (χ4v) is 3.34. The van der Waals surface area contributed by atoms with Crippen molar-refractivity contribution in [3.8, 4) is 11.4 Å². The van der Waals surface area contributed by atoms with E-state index in [0.717, 1.165) is 10.7 Å². The second-order valence-electron chi connectivity index (χ2n) is 8.52. The zero-order valence-corrected chi connectivity index (χ0v) is 19.1. The molecule has 2 aromatic rings. The molecule has 2 unspecified atom stereocenters. The number of nitrogens with one attached hydrogen (secondary N) is 1. The van der Waals surface area contributed by atoms with Crippen LogP contribution in [0.1, 0.15) is 70.1 Å². The lowest BCUT2D eigenvalue weighted by atomic mass is 10.1. The van der Waals surface area contributed by atoms with Crippen molar-refractivity contribution in [3.63, 3.8) is 0 Å². The molecule has 1 N–H and O–H groups in total. The second kappa shape index (κ2) is 9.89. The highest BCUT2D eigenvalue weighted by molar-refractivity contribution is 5.98. The number of nitrogens with zero attached hydrogens (tertiary/aromatic N) is 3. The van der Waals surface area contributed by atoms with Crippen LogP contribution >= 0.6 is 0 Å². The number of amides is 1. The van der Waals surface area contributed by atoms with E-state index in [-0.39, 0.29) is 29.0 Å². The number of aromatic nitrogens is 3. The lowest BCUT2D eigenvalue weighted by Crippen LogP contribution is -2.34. The van der Waals surface area contributed by atoms with Crippen LogP contribution in [-0.4, -0.2) is 38.7 Å². The molecule has 2 atom stereocenters. The van der Waals surface area contributed by atoms with Crippen LogP contribution in [0.15, 0.2) is 16.9 Å². The molecule has 1 heterocycles. The highest BCUT2D eigenvalue weighted by atomic mass is 19.1. The Morgan fingerprint density at radius 2 is 1.87 bits per heavy atom. The smallest absolute Gasteiger partial charge is 0.350 e. The van der Waals surface area contributed by atoms with E-state index in [1.54, 1.807) is 7.05 Å². The van der Waals surface area contributed by atoms with Gasteiger partial charge in [0, 0.05) is 19.0 Å². The van der Waals surface area contributed by atoms with Gasteiger partial charge in [0.15, 0.2) is 0 Å². The van der Waals surface area contributed by atoms with Crippen LogP contribution in [-0.2, 0) is 11.8 Å². The molecule has 170 valence electrons. The molecular formula is C22H31FN4O4. The molecule has 0 aliphatic carbocycles. The number of carbonyl (C=O) groups excluding carboxylic acids is 2. The molecule has 0 saturated heterocycles. The van der Waals surface area contributed by atoms with Crippen molar-refractivity contribution < 1.29 is 18.7 Å². The number of carbonyl (C=O) groups is 2. The van der Waals surface area contributed by atoms with E-state index in [1.807, 2.05) is 34.6 Å². The molecule has 0 fully saturated rings. The normalized spacial score (nSPS) is 13.4. The third-order valence-electron chi connectivity index (χ3n) is 4.75. The summed E-state index contributed by atoms with van der Waals surface area (Å²) in [6.07, 6.45) is 1.02. The van der Waals surface area contributed by atoms with E-state index in [0.29, 0.717) is 24.4 Å². The van der Waals surface area contributed by atoms with E-state index in [4.69, 9.17) is 4.74 Å². The van der Waals surface area contributed by atoms with Crippen LogP contribution in [0.4, 0.5) is 4.39 Å². The van der Waals surface area contributed by atoms with Gasteiger partial charge in [0.25, 0.3) is 5.91 Å². The van der Waals surface area contributed by atoms with Crippen molar-refractivity contribution in [2.75, 3.05) is 0 Å². The van der Waals surface area contributed by atoms with Gasteiger partial charge in [0.1, 0.15) is 29.4 Å². The van der Waals surface area contributed by atoms with Crippen molar-refractivity contribution in [1.29, 1.82) is 0 Å². The average Bonchev–Trinajstić information content (AvgIpc) is 2.97. The number of ether oxygens (including phenoxy) is 1. The first-order valence-electron chi connectivity index (χ1n) is 10.4. The summed E-state index contributed by atoms with van der Waals surface area (Å²) >= 11 is 0. The molecule has 0 radical (unpaired) electrons. The molecule has 0 spiro atoms. The summed E-state index contributed by atoms with van der Waals surface area (Å²) < 4.78 is 23.4. The second-order valence-corrected chi connectivity index (χ2v) is 8.52. The van der Waals surface area contributed by atoms with Gasteiger partial charge >= 0.3 is 5.69 Å². The maximum Gasteiger partial charge on any atom is 0.350 e. The summed E-state index contributed by atoms with van der Waals surface area (Å²) in [5, 5.41) is 6.75. The summed E-state index contributed by atoms with van der Waals surface area (Å²) in [4.78, 5) is 36.2. The largest absolute Gasteiger partial charge is 0.490 e. The van der Waals surface area contributed by atoms with Gasteiger partial charge in [-0.05, 0) is 32.3 Å². The summed E-state index contributed by atoms with van der Waals surface area (Å²) in [5.74, 6) is -0.533. The molecule has 31 heavy (non-hydrogen) atoms. The Hall–Kier alpha value is -2.97. The van der Waals surface area contributed by atoms with Gasteiger partial charge in [-0.25, -0.2) is 9.18 Å². The molecule has 8 nitrogen and oxygen atoms in total. The summed E-state index contributed by atoms with van der Waals surface area (Å²) in [7, 11) is 1.57. The maximum absolute atomic E-state index is 15.1. The van der Waals surface area contributed by atoms with E-state index in [2.05, 4.69) is 10.4 Å². The fourth-order valence-electron chi connectivity index (χ4n) is 3.34. The number of aldehydes is 1. The minimum atomic E-state index is -0.803. The Kier molecular flexibility index (Phi) is 7.75. The van der Waals surface area contributed by atoms with Crippen molar-refractivity contribution >= 4 is 12.2 Å². The lowest BCUT2D eigenvalue weighted by molar-refractivity contribution is -0.109. The maximum atomic E-state index is 15.1. The first-order chi connectivity index (χ1) is 14.5. The number of hydrogen-bond donors (Lipinski definition) is 1. The van der Waals surface area contributed by atoms with Gasteiger partial charge in [-0.15, -0.1) is 5.10 Å². The first kappa shape index (κ1) is 24.3. The molecule has 1 aromatic heterocycles. The van der Waals surface area contributed by atoms with Crippen LogP contribution in [0.5, 0.6) is 5.75 Å². The summed E-state index contributed by atoms with van der Waals surface area (Å²) in [5.41, 5.74) is -0.673. The van der Waals surface area contributed by atoms with Gasteiger partial charge in [0.2, 0.25) is 0 Å². The van der Waals surface area contributed by atoms with Crippen LogP contribution < -0.4 is 15.7 Å². The monoisotopic (exact) mass is 434 g/mol. The Labute approximate surface area is 181 Å². The number of benzene rings is 1. The summed E-state index contributed by atoms with van der Waals surface area (Å²) in [6, 6.07) is 1.57.